The molecule has 0 spiro atoms. The number of ether oxygens (including phenoxy) is 1. The van der Waals surface area contributed by atoms with Crippen LogP contribution in [-0.2, 0) is 4.74 Å². The Balaban J connectivity index is 1.56. The molecule has 3 atom stereocenters. The van der Waals surface area contributed by atoms with Gasteiger partial charge in [-0.05, 0) is 25.2 Å². The molecule has 0 unspecified atom stereocenters. The van der Waals surface area contributed by atoms with Gasteiger partial charge < -0.3 is 19.6 Å². The van der Waals surface area contributed by atoms with Crippen LogP contribution in [0.5, 0.6) is 0 Å². The molecule has 0 amide bonds. The molecule has 4 rings (SSSR count). The van der Waals surface area contributed by atoms with Crippen molar-refractivity contribution < 1.29 is 14.2 Å². The van der Waals surface area contributed by atoms with Crippen molar-refractivity contribution >= 4 is 11.8 Å². The summed E-state index contributed by atoms with van der Waals surface area (Å²) in [5.41, 5.74) is -0.579. The van der Waals surface area contributed by atoms with Crippen molar-refractivity contribution in [3.8, 4) is 0 Å². The van der Waals surface area contributed by atoms with Crippen LogP contribution >= 0.6 is 0 Å². The molecular weight excluding hydrogens is 323 g/mol. The molecule has 3 heterocycles. The number of morpholine rings is 1. The SMILES string of the molecule is CC[C@]1(O)CCC[C@H]2CN(c3ncc(F)c(N4CCOCC4)n3)C[C@H]21. The number of rotatable bonds is 3. The van der Waals surface area contributed by atoms with Crippen molar-refractivity contribution in [3.63, 3.8) is 0 Å². The normalized spacial score (nSPS) is 32.8. The summed E-state index contributed by atoms with van der Waals surface area (Å²) in [4.78, 5) is 12.8. The highest BCUT2D eigenvalue weighted by atomic mass is 19.1. The molecule has 0 bridgehead atoms. The van der Waals surface area contributed by atoms with Crippen molar-refractivity contribution in [3.05, 3.63) is 12.0 Å². The first-order valence-electron chi connectivity index (χ1n) is 9.43. The van der Waals surface area contributed by atoms with Crippen LogP contribution < -0.4 is 9.80 Å². The summed E-state index contributed by atoms with van der Waals surface area (Å²) in [7, 11) is 0. The third-order valence-electron chi connectivity index (χ3n) is 6.23. The lowest BCUT2D eigenvalue weighted by molar-refractivity contribution is -0.0597. The molecule has 1 aliphatic carbocycles. The Bertz CT molecular complexity index is 625. The Hall–Kier alpha value is -1.47. The average molecular weight is 350 g/mol. The zero-order chi connectivity index (χ0) is 17.4. The first kappa shape index (κ1) is 17.0. The summed E-state index contributed by atoms with van der Waals surface area (Å²) in [5, 5.41) is 11.0. The fourth-order valence-electron chi connectivity index (χ4n) is 4.73. The van der Waals surface area contributed by atoms with E-state index in [1.807, 2.05) is 4.90 Å². The average Bonchev–Trinajstić information content (AvgIpc) is 3.09. The van der Waals surface area contributed by atoms with Crippen LogP contribution in [0.15, 0.2) is 6.20 Å². The Labute approximate surface area is 148 Å². The van der Waals surface area contributed by atoms with Crippen LogP contribution in [0.25, 0.3) is 0 Å². The first-order valence-corrected chi connectivity index (χ1v) is 9.43. The number of halogens is 1. The molecule has 0 aromatic carbocycles. The molecule has 0 radical (unpaired) electrons. The zero-order valence-corrected chi connectivity index (χ0v) is 14.8. The fourth-order valence-corrected chi connectivity index (χ4v) is 4.73. The number of hydrogen-bond donors (Lipinski definition) is 1. The Morgan fingerprint density at radius 3 is 2.88 bits per heavy atom. The molecule has 1 saturated carbocycles. The van der Waals surface area contributed by atoms with E-state index in [4.69, 9.17) is 4.74 Å². The van der Waals surface area contributed by atoms with Gasteiger partial charge in [0.05, 0.1) is 25.0 Å². The molecule has 1 aromatic heterocycles. The predicted molar refractivity (Wildman–Crippen MR) is 93.3 cm³/mol. The Kier molecular flexibility index (Phi) is 4.54. The van der Waals surface area contributed by atoms with Crippen LogP contribution in [0, 0.1) is 17.7 Å². The van der Waals surface area contributed by atoms with E-state index < -0.39 is 5.60 Å². The monoisotopic (exact) mass is 350 g/mol. The number of hydrogen-bond acceptors (Lipinski definition) is 6. The second-order valence-electron chi connectivity index (χ2n) is 7.56. The third kappa shape index (κ3) is 3.08. The summed E-state index contributed by atoms with van der Waals surface area (Å²) >= 11 is 0. The van der Waals surface area contributed by atoms with Gasteiger partial charge in [-0.2, -0.15) is 4.98 Å². The Morgan fingerprint density at radius 2 is 2.12 bits per heavy atom. The lowest BCUT2D eigenvalue weighted by atomic mass is 9.69. The standard InChI is InChI=1S/C18H27FN4O2/c1-2-18(24)5-3-4-13-11-23(12-14(13)18)17-20-10-15(19)16(21-17)22-6-8-25-9-7-22/h10,13-14,24H,2-9,11-12H2,1H3/t13-,14+,18-/m0/s1. The molecule has 2 aliphatic heterocycles. The molecule has 25 heavy (non-hydrogen) atoms. The maximum absolute atomic E-state index is 14.2. The maximum atomic E-state index is 14.2. The molecule has 138 valence electrons. The minimum Gasteiger partial charge on any atom is -0.390 e. The van der Waals surface area contributed by atoms with E-state index in [-0.39, 0.29) is 11.7 Å². The second-order valence-corrected chi connectivity index (χ2v) is 7.56. The van der Waals surface area contributed by atoms with Gasteiger partial charge >= 0.3 is 0 Å². The van der Waals surface area contributed by atoms with Crippen LogP contribution in [0.1, 0.15) is 32.6 Å². The summed E-state index contributed by atoms with van der Waals surface area (Å²) in [6.07, 6.45) is 5.15. The second kappa shape index (κ2) is 6.68. The molecular formula is C18H27FN4O2. The van der Waals surface area contributed by atoms with Gasteiger partial charge in [0, 0.05) is 32.1 Å². The van der Waals surface area contributed by atoms with Crippen LogP contribution in [0.3, 0.4) is 0 Å². The van der Waals surface area contributed by atoms with E-state index in [1.54, 1.807) is 0 Å². The van der Waals surface area contributed by atoms with Crippen molar-refractivity contribution in [2.24, 2.45) is 11.8 Å². The van der Waals surface area contributed by atoms with Gasteiger partial charge in [-0.1, -0.05) is 13.3 Å². The third-order valence-corrected chi connectivity index (χ3v) is 6.23. The minimum absolute atomic E-state index is 0.256. The predicted octanol–water partition coefficient (Wildman–Crippen LogP) is 1.83. The van der Waals surface area contributed by atoms with Crippen molar-refractivity contribution in [2.45, 2.75) is 38.2 Å². The smallest absolute Gasteiger partial charge is 0.227 e. The summed E-state index contributed by atoms with van der Waals surface area (Å²) in [5.74, 6) is 1.29. The van der Waals surface area contributed by atoms with Gasteiger partial charge in [-0.3, -0.25) is 0 Å². The maximum Gasteiger partial charge on any atom is 0.227 e. The summed E-state index contributed by atoms with van der Waals surface area (Å²) in [6.45, 7) is 6.15. The highest BCUT2D eigenvalue weighted by Crippen LogP contribution is 2.45. The minimum atomic E-state index is -0.579. The van der Waals surface area contributed by atoms with E-state index in [1.165, 1.54) is 6.20 Å². The molecule has 7 heteroatoms. The largest absolute Gasteiger partial charge is 0.390 e. The van der Waals surface area contributed by atoms with E-state index in [0.717, 1.165) is 38.8 Å². The van der Waals surface area contributed by atoms with E-state index in [0.29, 0.717) is 44.0 Å². The van der Waals surface area contributed by atoms with Crippen LogP contribution in [-0.4, -0.2) is 60.1 Å². The fraction of sp³-hybridized carbons (Fsp3) is 0.778. The zero-order valence-electron chi connectivity index (χ0n) is 14.8. The van der Waals surface area contributed by atoms with Gasteiger partial charge in [0.25, 0.3) is 0 Å². The molecule has 3 fully saturated rings. The van der Waals surface area contributed by atoms with Gasteiger partial charge in [-0.25, -0.2) is 9.37 Å². The van der Waals surface area contributed by atoms with Gasteiger partial charge in [-0.15, -0.1) is 0 Å². The quantitative estimate of drug-likeness (QED) is 0.897. The van der Waals surface area contributed by atoms with Gasteiger partial charge in [0.15, 0.2) is 11.6 Å². The number of aromatic nitrogens is 2. The molecule has 6 nitrogen and oxygen atoms in total. The lowest BCUT2D eigenvalue weighted by Crippen LogP contribution is -2.44. The number of anilines is 2. The van der Waals surface area contributed by atoms with Crippen LogP contribution in [0.4, 0.5) is 16.2 Å². The van der Waals surface area contributed by atoms with Gasteiger partial charge in [0.1, 0.15) is 0 Å². The first-order chi connectivity index (χ1) is 12.1. The highest BCUT2D eigenvalue weighted by molar-refractivity contribution is 5.46. The highest BCUT2D eigenvalue weighted by Gasteiger charge is 2.48. The number of fused-ring (bicyclic) bond motifs is 1. The molecule has 1 N–H and O–H groups in total. The number of aliphatic hydroxyl groups is 1. The van der Waals surface area contributed by atoms with E-state index in [2.05, 4.69) is 21.8 Å². The summed E-state index contributed by atoms with van der Waals surface area (Å²) in [6, 6.07) is 0. The van der Waals surface area contributed by atoms with Crippen molar-refractivity contribution in [1.29, 1.82) is 0 Å². The van der Waals surface area contributed by atoms with Gasteiger partial charge in [0.2, 0.25) is 5.95 Å². The van der Waals surface area contributed by atoms with E-state index >= 15 is 0 Å². The van der Waals surface area contributed by atoms with Crippen LogP contribution in [0.2, 0.25) is 0 Å². The topological polar surface area (TPSA) is 61.7 Å². The van der Waals surface area contributed by atoms with Crippen molar-refractivity contribution in [1.82, 2.24) is 9.97 Å². The lowest BCUT2D eigenvalue weighted by Gasteiger charge is -2.40. The van der Waals surface area contributed by atoms with Crippen molar-refractivity contribution in [2.75, 3.05) is 49.2 Å². The summed E-state index contributed by atoms with van der Waals surface area (Å²) < 4.78 is 19.6. The molecule has 2 saturated heterocycles. The molecule has 3 aliphatic rings. The molecule has 1 aromatic rings. The Morgan fingerprint density at radius 1 is 1.32 bits per heavy atom. The number of nitrogens with zero attached hydrogens (tertiary/aromatic N) is 4. The van der Waals surface area contributed by atoms with E-state index in [9.17, 15) is 9.50 Å².